The van der Waals surface area contributed by atoms with E-state index < -0.39 is 5.97 Å². The van der Waals surface area contributed by atoms with E-state index in [1.54, 1.807) is 6.08 Å². The van der Waals surface area contributed by atoms with Crippen molar-refractivity contribution in [3.63, 3.8) is 0 Å². The number of hydrogen-bond acceptors (Lipinski definition) is 1. The molecule has 110 valence electrons. The standard InChI is InChI=1S/C18H26O2/c19-17(20)10-13-3-1-2-4-16(13)18-14-6-11-5-12(8-14)9-15(18)7-11/h10-12,14-16,18H,1-9H2,(H,19,20)/b13-10+. The SMILES string of the molecule is O=C(O)/C=C1\CCCCC1C1C2CC3CC(C2)CC1C3. The third kappa shape index (κ3) is 2.12. The first-order valence-corrected chi connectivity index (χ1v) is 8.64. The summed E-state index contributed by atoms with van der Waals surface area (Å²) in [6.07, 6.45) is 13.7. The van der Waals surface area contributed by atoms with Crippen molar-refractivity contribution < 1.29 is 9.90 Å². The summed E-state index contributed by atoms with van der Waals surface area (Å²) in [5.41, 5.74) is 1.28. The fraction of sp³-hybridized carbons (Fsp3) is 0.833. The third-order valence-corrected chi connectivity index (χ3v) is 6.78. The van der Waals surface area contributed by atoms with Gasteiger partial charge in [0.05, 0.1) is 0 Å². The van der Waals surface area contributed by atoms with Gasteiger partial charge < -0.3 is 5.11 Å². The van der Waals surface area contributed by atoms with Crippen LogP contribution in [0.5, 0.6) is 0 Å². The predicted octanol–water partition coefficient (Wildman–Crippen LogP) is 4.26. The van der Waals surface area contributed by atoms with Crippen LogP contribution in [0.15, 0.2) is 11.6 Å². The van der Waals surface area contributed by atoms with Gasteiger partial charge in [-0.2, -0.15) is 0 Å². The summed E-state index contributed by atoms with van der Waals surface area (Å²) < 4.78 is 0. The van der Waals surface area contributed by atoms with E-state index in [-0.39, 0.29) is 0 Å². The highest BCUT2D eigenvalue weighted by molar-refractivity contribution is 5.80. The molecule has 5 fully saturated rings. The van der Waals surface area contributed by atoms with Gasteiger partial charge in [-0.3, -0.25) is 0 Å². The van der Waals surface area contributed by atoms with Crippen LogP contribution in [0.4, 0.5) is 0 Å². The molecule has 5 rings (SSSR count). The highest BCUT2D eigenvalue weighted by atomic mass is 16.4. The number of carbonyl (C=O) groups is 1. The van der Waals surface area contributed by atoms with E-state index in [2.05, 4.69) is 0 Å². The molecule has 4 bridgehead atoms. The van der Waals surface area contributed by atoms with Gasteiger partial charge in [0.15, 0.2) is 0 Å². The summed E-state index contributed by atoms with van der Waals surface area (Å²) in [7, 11) is 0. The fourth-order valence-corrected chi connectivity index (χ4v) is 6.47. The van der Waals surface area contributed by atoms with E-state index in [0.29, 0.717) is 5.92 Å². The lowest BCUT2D eigenvalue weighted by atomic mass is 9.48. The molecule has 0 aromatic carbocycles. The summed E-state index contributed by atoms with van der Waals surface area (Å²) in [6.45, 7) is 0. The molecule has 2 heteroatoms. The van der Waals surface area contributed by atoms with Gasteiger partial charge >= 0.3 is 5.97 Å². The monoisotopic (exact) mass is 274 g/mol. The number of allylic oxidation sites excluding steroid dienone is 1. The van der Waals surface area contributed by atoms with E-state index in [9.17, 15) is 4.79 Å². The predicted molar refractivity (Wildman–Crippen MR) is 78.2 cm³/mol. The third-order valence-electron chi connectivity index (χ3n) is 6.78. The quantitative estimate of drug-likeness (QED) is 0.764. The van der Waals surface area contributed by atoms with Crippen molar-refractivity contribution in [1.29, 1.82) is 0 Å². The Morgan fingerprint density at radius 3 is 2.25 bits per heavy atom. The summed E-state index contributed by atoms with van der Waals surface area (Å²) in [6, 6.07) is 0. The van der Waals surface area contributed by atoms with Crippen molar-refractivity contribution in [3.8, 4) is 0 Å². The van der Waals surface area contributed by atoms with Gasteiger partial charge in [0.25, 0.3) is 0 Å². The Morgan fingerprint density at radius 2 is 1.65 bits per heavy atom. The largest absolute Gasteiger partial charge is 0.478 e. The van der Waals surface area contributed by atoms with Crippen LogP contribution in [0.2, 0.25) is 0 Å². The normalized spacial score (nSPS) is 48.7. The zero-order valence-electron chi connectivity index (χ0n) is 12.3. The van der Waals surface area contributed by atoms with E-state index in [4.69, 9.17) is 5.11 Å². The molecule has 20 heavy (non-hydrogen) atoms. The highest BCUT2D eigenvalue weighted by Crippen LogP contribution is 2.60. The molecule has 0 heterocycles. The maximum Gasteiger partial charge on any atom is 0.328 e. The Balaban J connectivity index is 1.60. The van der Waals surface area contributed by atoms with Crippen molar-refractivity contribution in [1.82, 2.24) is 0 Å². The Bertz CT molecular complexity index is 409. The van der Waals surface area contributed by atoms with Gasteiger partial charge in [0.1, 0.15) is 0 Å². The van der Waals surface area contributed by atoms with Crippen LogP contribution in [-0.4, -0.2) is 11.1 Å². The van der Waals surface area contributed by atoms with Crippen molar-refractivity contribution in [3.05, 3.63) is 11.6 Å². The summed E-state index contributed by atoms with van der Waals surface area (Å²) in [4.78, 5) is 11.1. The van der Waals surface area contributed by atoms with Gasteiger partial charge in [0.2, 0.25) is 0 Å². The summed E-state index contributed by atoms with van der Waals surface area (Å²) >= 11 is 0. The minimum atomic E-state index is -0.726. The molecule has 0 aromatic heterocycles. The first-order valence-electron chi connectivity index (χ1n) is 8.64. The number of carboxylic acid groups (broad SMARTS) is 1. The van der Waals surface area contributed by atoms with Crippen LogP contribution in [0.1, 0.15) is 57.8 Å². The van der Waals surface area contributed by atoms with Crippen LogP contribution < -0.4 is 0 Å². The van der Waals surface area contributed by atoms with E-state index >= 15 is 0 Å². The molecule has 0 saturated heterocycles. The van der Waals surface area contributed by atoms with E-state index in [1.807, 2.05) is 0 Å². The fourth-order valence-electron chi connectivity index (χ4n) is 6.47. The maximum atomic E-state index is 11.1. The van der Waals surface area contributed by atoms with Crippen molar-refractivity contribution in [2.24, 2.45) is 35.5 Å². The van der Waals surface area contributed by atoms with Gasteiger partial charge in [-0.05, 0) is 86.9 Å². The average Bonchev–Trinajstić information content (AvgIpc) is 2.38. The van der Waals surface area contributed by atoms with Crippen LogP contribution in [-0.2, 0) is 4.79 Å². The molecule has 5 aliphatic rings. The topological polar surface area (TPSA) is 37.3 Å². The Labute approximate surface area is 121 Å². The van der Waals surface area contributed by atoms with E-state index in [0.717, 1.165) is 36.0 Å². The summed E-state index contributed by atoms with van der Waals surface area (Å²) in [5.74, 6) is 4.59. The Hall–Kier alpha value is -0.790. The zero-order chi connectivity index (χ0) is 13.7. The lowest BCUT2D eigenvalue weighted by Gasteiger charge is -2.57. The van der Waals surface area contributed by atoms with Crippen LogP contribution >= 0.6 is 0 Å². The second kappa shape index (κ2) is 4.89. The van der Waals surface area contributed by atoms with Crippen LogP contribution in [0, 0.1) is 35.5 Å². The Kier molecular flexibility index (Phi) is 3.16. The van der Waals surface area contributed by atoms with Gasteiger partial charge in [-0.15, -0.1) is 0 Å². The zero-order valence-corrected chi connectivity index (χ0v) is 12.3. The van der Waals surface area contributed by atoms with Gasteiger partial charge in [-0.1, -0.05) is 12.0 Å². The highest BCUT2D eigenvalue weighted by Gasteiger charge is 2.51. The molecule has 0 aliphatic heterocycles. The molecule has 1 unspecified atom stereocenters. The van der Waals surface area contributed by atoms with Crippen molar-refractivity contribution in [2.75, 3.05) is 0 Å². The lowest BCUT2D eigenvalue weighted by Crippen LogP contribution is -2.48. The molecule has 0 radical (unpaired) electrons. The first-order chi connectivity index (χ1) is 9.70. The number of aliphatic carboxylic acids is 1. The molecule has 1 N–H and O–H groups in total. The van der Waals surface area contributed by atoms with Gasteiger partial charge in [-0.25, -0.2) is 4.79 Å². The smallest absolute Gasteiger partial charge is 0.328 e. The maximum absolute atomic E-state index is 11.1. The molecular formula is C18H26O2. The first kappa shape index (κ1) is 12.9. The number of hydrogen-bond donors (Lipinski definition) is 1. The second-order valence-electron chi connectivity index (χ2n) is 7.92. The molecule has 1 atom stereocenters. The van der Waals surface area contributed by atoms with Crippen LogP contribution in [0.3, 0.4) is 0 Å². The minimum absolute atomic E-state index is 0.606. The molecule has 5 saturated carbocycles. The lowest BCUT2D eigenvalue weighted by molar-refractivity contribution is -0.131. The molecule has 0 amide bonds. The minimum Gasteiger partial charge on any atom is -0.478 e. The number of carboxylic acids is 1. The average molecular weight is 274 g/mol. The van der Waals surface area contributed by atoms with Crippen molar-refractivity contribution >= 4 is 5.97 Å². The van der Waals surface area contributed by atoms with Crippen LogP contribution in [0.25, 0.3) is 0 Å². The molecule has 2 nitrogen and oxygen atoms in total. The van der Waals surface area contributed by atoms with E-state index in [1.165, 1.54) is 56.9 Å². The van der Waals surface area contributed by atoms with Crippen molar-refractivity contribution in [2.45, 2.75) is 57.8 Å². The molecule has 5 aliphatic carbocycles. The second-order valence-corrected chi connectivity index (χ2v) is 7.92. The molecule has 0 aromatic rings. The summed E-state index contributed by atoms with van der Waals surface area (Å²) in [5, 5.41) is 9.16. The Morgan fingerprint density at radius 1 is 1.00 bits per heavy atom. The number of rotatable bonds is 2. The van der Waals surface area contributed by atoms with Gasteiger partial charge in [0, 0.05) is 6.08 Å². The molecular weight excluding hydrogens is 248 g/mol. The molecule has 0 spiro atoms.